The second kappa shape index (κ2) is 7.90. The van der Waals surface area contributed by atoms with Gasteiger partial charge in [-0.2, -0.15) is 4.98 Å². The number of nitrogens with zero attached hydrogens (tertiary/aromatic N) is 3. The summed E-state index contributed by atoms with van der Waals surface area (Å²) in [7, 11) is 2.98. The van der Waals surface area contributed by atoms with Crippen molar-refractivity contribution in [1.82, 2.24) is 15.0 Å². The number of aromatic nitrogens is 2. The van der Waals surface area contributed by atoms with Gasteiger partial charge in [-0.15, -0.1) is 0 Å². The maximum absolute atomic E-state index is 14.0. The third kappa shape index (κ3) is 3.65. The summed E-state index contributed by atoms with van der Waals surface area (Å²) in [5, 5.41) is 4.05. The highest BCUT2D eigenvalue weighted by molar-refractivity contribution is 5.94. The third-order valence-corrected chi connectivity index (χ3v) is 4.99. The average Bonchev–Trinajstić information content (AvgIpc) is 3.42. The minimum Gasteiger partial charge on any atom is -0.497 e. The van der Waals surface area contributed by atoms with Crippen LogP contribution >= 0.6 is 0 Å². The number of methoxy groups -OCH3 is 2. The Morgan fingerprint density at radius 1 is 1.17 bits per heavy atom. The Morgan fingerprint density at radius 2 is 1.97 bits per heavy atom. The van der Waals surface area contributed by atoms with Gasteiger partial charge in [-0.1, -0.05) is 5.16 Å². The number of amides is 1. The zero-order chi connectivity index (χ0) is 20.4. The zero-order valence-electron chi connectivity index (χ0n) is 16.1. The lowest BCUT2D eigenvalue weighted by Gasteiger charge is -2.22. The lowest BCUT2D eigenvalue weighted by atomic mass is 10.1. The van der Waals surface area contributed by atoms with E-state index in [-0.39, 0.29) is 23.3 Å². The number of hydrogen-bond acceptors (Lipinski definition) is 6. The minimum absolute atomic E-state index is 0.0977. The molecule has 1 aliphatic rings. The summed E-state index contributed by atoms with van der Waals surface area (Å²) in [6, 6.07) is 11.2. The van der Waals surface area contributed by atoms with Crippen molar-refractivity contribution in [3.8, 4) is 22.9 Å². The predicted molar refractivity (Wildman–Crippen MR) is 102 cm³/mol. The van der Waals surface area contributed by atoms with Crippen LogP contribution in [0.3, 0.4) is 0 Å². The molecule has 4 rings (SSSR count). The fourth-order valence-corrected chi connectivity index (χ4v) is 3.46. The molecule has 8 heteroatoms. The van der Waals surface area contributed by atoms with Crippen molar-refractivity contribution in [1.29, 1.82) is 0 Å². The van der Waals surface area contributed by atoms with Crippen molar-refractivity contribution >= 4 is 5.91 Å². The van der Waals surface area contributed by atoms with Crippen LogP contribution in [0.5, 0.6) is 11.5 Å². The molecule has 1 unspecified atom stereocenters. The summed E-state index contributed by atoms with van der Waals surface area (Å²) in [5.74, 6) is 0.789. The van der Waals surface area contributed by atoms with Crippen molar-refractivity contribution < 1.29 is 23.2 Å². The second-order valence-electron chi connectivity index (χ2n) is 6.69. The first-order valence-electron chi connectivity index (χ1n) is 9.23. The van der Waals surface area contributed by atoms with Crippen LogP contribution in [0.25, 0.3) is 11.4 Å². The highest BCUT2D eigenvalue weighted by Crippen LogP contribution is 2.34. The van der Waals surface area contributed by atoms with E-state index in [9.17, 15) is 9.18 Å². The molecule has 1 atom stereocenters. The molecule has 0 bridgehead atoms. The number of hydrogen-bond donors (Lipinski definition) is 0. The Kier molecular flexibility index (Phi) is 5.16. The normalized spacial score (nSPS) is 16.1. The zero-order valence-corrected chi connectivity index (χ0v) is 16.1. The quantitative estimate of drug-likeness (QED) is 0.650. The van der Waals surface area contributed by atoms with E-state index in [1.807, 2.05) is 24.3 Å². The smallest absolute Gasteiger partial charge is 0.254 e. The molecule has 0 saturated carbocycles. The molecule has 7 nitrogen and oxygen atoms in total. The van der Waals surface area contributed by atoms with Crippen LogP contribution in [0.1, 0.15) is 35.1 Å². The largest absolute Gasteiger partial charge is 0.497 e. The van der Waals surface area contributed by atoms with Crippen LogP contribution in [0.15, 0.2) is 47.0 Å². The minimum atomic E-state index is -0.575. The molecular formula is C21H20FN3O4. The summed E-state index contributed by atoms with van der Waals surface area (Å²) in [6.45, 7) is 0.539. The Bertz CT molecular complexity index is 1020. The van der Waals surface area contributed by atoms with E-state index in [0.29, 0.717) is 24.7 Å². The molecule has 1 aliphatic heterocycles. The summed E-state index contributed by atoms with van der Waals surface area (Å²) in [6.07, 6.45) is 1.50. The average molecular weight is 397 g/mol. The van der Waals surface area contributed by atoms with E-state index in [4.69, 9.17) is 14.0 Å². The molecule has 0 aliphatic carbocycles. The molecule has 1 fully saturated rings. The number of ether oxygens (including phenoxy) is 2. The van der Waals surface area contributed by atoms with Crippen LogP contribution in [-0.2, 0) is 0 Å². The standard InChI is InChI=1S/C21H20FN3O4/c1-27-15-8-5-13(6-9-15)19-23-20(29-24-19)17-4-3-11-25(17)21(26)14-7-10-18(28-2)16(22)12-14/h5-10,12,17H,3-4,11H2,1-2H3. The second-order valence-corrected chi connectivity index (χ2v) is 6.69. The van der Waals surface area contributed by atoms with Crippen LogP contribution < -0.4 is 9.47 Å². The molecule has 1 amide bonds. The predicted octanol–water partition coefficient (Wildman–Crippen LogP) is 3.87. The van der Waals surface area contributed by atoms with Gasteiger partial charge in [-0.05, 0) is 55.3 Å². The lowest BCUT2D eigenvalue weighted by molar-refractivity contribution is 0.0709. The molecular weight excluding hydrogens is 377 g/mol. The molecule has 29 heavy (non-hydrogen) atoms. The first-order valence-corrected chi connectivity index (χ1v) is 9.23. The van der Waals surface area contributed by atoms with Gasteiger partial charge in [0.1, 0.15) is 11.8 Å². The molecule has 0 N–H and O–H groups in total. The van der Waals surface area contributed by atoms with Crippen molar-refractivity contribution in [2.45, 2.75) is 18.9 Å². The number of rotatable bonds is 5. The highest BCUT2D eigenvalue weighted by atomic mass is 19.1. The van der Waals surface area contributed by atoms with E-state index in [1.54, 1.807) is 18.1 Å². The maximum Gasteiger partial charge on any atom is 0.254 e. The van der Waals surface area contributed by atoms with Gasteiger partial charge in [0.15, 0.2) is 11.6 Å². The molecule has 2 aromatic carbocycles. The first-order chi connectivity index (χ1) is 14.1. The Morgan fingerprint density at radius 3 is 2.66 bits per heavy atom. The summed E-state index contributed by atoms with van der Waals surface area (Å²) >= 11 is 0. The highest BCUT2D eigenvalue weighted by Gasteiger charge is 2.35. The Hall–Kier alpha value is -3.42. The summed E-state index contributed by atoms with van der Waals surface area (Å²) in [5.41, 5.74) is 1.04. The van der Waals surface area contributed by atoms with E-state index < -0.39 is 5.82 Å². The van der Waals surface area contributed by atoms with E-state index in [1.165, 1.54) is 19.2 Å². The number of benzene rings is 2. The number of halogens is 1. The van der Waals surface area contributed by atoms with Crippen molar-refractivity contribution in [3.63, 3.8) is 0 Å². The molecule has 0 radical (unpaired) electrons. The topological polar surface area (TPSA) is 77.7 Å². The van der Waals surface area contributed by atoms with Crippen molar-refractivity contribution in [2.24, 2.45) is 0 Å². The van der Waals surface area contributed by atoms with Gasteiger partial charge in [0.05, 0.1) is 14.2 Å². The third-order valence-electron chi connectivity index (χ3n) is 4.99. The number of likely N-dealkylation sites (tertiary alicyclic amines) is 1. The fraction of sp³-hybridized carbons (Fsp3) is 0.286. The van der Waals surface area contributed by atoms with Crippen molar-refractivity contribution in [2.75, 3.05) is 20.8 Å². The Balaban J connectivity index is 1.56. The fourth-order valence-electron chi connectivity index (χ4n) is 3.46. The van der Waals surface area contributed by atoms with Gasteiger partial charge < -0.3 is 18.9 Å². The number of carbonyl (C=O) groups excluding carboxylic acids is 1. The van der Waals surface area contributed by atoms with Gasteiger partial charge in [-0.25, -0.2) is 4.39 Å². The van der Waals surface area contributed by atoms with Gasteiger partial charge in [0, 0.05) is 17.7 Å². The molecule has 0 spiro atoms. The van der Waals surface area contributed by atoms with Gasteiger partial charge in [0.2, 0.25) is 11.7 Å². The SMILES string of the molecule is COc1ccc(-c2noc(C3CCCN3C(=O)c3ccc(OC)c(F)c3)n2)cc1. The summed E-state index contributed by atoms with van der Waals surface area (Å²) in [4.78, 5) is 19.1. The molecule has 2 heterocycles. The number of carbonyl (C=O) groups is 1. The van der Waals surface area contributed by atoms with Gasteiger partial charge in [-0.3, -0.25) is 4.79 Å². The first kappa shape index (κ1) is 18.9. The molecule has 150 valence electrons. The molecule has 1 aromatic heterocycles. The van der Waals surface area contributed by atoms with E-state index in [0.717, 1.165) is 17.7 Å². The maximum atomic E-state index is 14.0. The van der Waals surface area contributed by atoms with Crippen LogP contribution in [0, 0.1) is 5.82 Å². The monoisotopic (exact) mass is 397 g/mol. The van der Waals surface area contributed by atoms with E-state index in [2.05, 4.69) is 10.1 Å². The van der Waals surface area contributed by atoms with E-state index >= 15 is 0 Å². The Labute approximate surface area is 167 Å². The van der Waals surface area contributed by atoms with Gasteiger partial charge >= 0.3 is 0 Å². The van der Waals surface area contributed by atoms with Gasteiger partial charge in [0.25, 0.3) is 5.91 Å². The van der Waals surface area contributed by atoms with Crippen LogP contribution in [0.4, 0.5) is 4.39 Å². The van der Waals surface area contributed by atoms with Crippen molar-refractivity contribution in [3.05, 3.63) is 59.7 Å². The van der Waals surface area contributed by atoms with Crippen LogP contribution in [-0.4, -0.2) is 41.7 Å². The molecule has 1 saturated heterocycles. The van der Waals surface area contributed by atoms with Crippen LogP contribution in [0.2, 0.25) is 0 Å². The summed E-state index contributed by atoms with van der Waals surface area (Å²) < 4.78 is 29.5. The molecule has 3 aromatic rings. The lowest BCUT2D eigenvalue weighted by Crippen LogP contribution is -2.30.